The molecule has 0 bridgehead atoms. The van der Waals surface area contributed by atoms with Gasteiger partial charge in [0, 0.05) is 0 Å². The Bertz CT molecular complexity index is 675. The number of carboxylic acids is 1. The van der Waals surface area contributed by atoms with E-state index in [2.05, 4.69) is 15.9 Å². The van der Waals surface area contributed by atoms with Crippen molar-refractivity contribution < 1.29 is 24.2 Å². The van der Waals surface area contributed by atoms with Gasteiger partial charge in [-0.1, -0.05) is 76.6 Å². The second kappa shape index (κ2) is 8.40. The lowest BCUT2D eigenvalue weighted by molar-refractivity contribution is -0.156. The highest BCUT2D eigenvalue weighted by atomic mass is 79.9. The molecule has 0 amide bonds. The molecule has 2 aromatic carbocycles. The summed E-state index contributed by atoms with van der Waals surface area (Å²) in [7, 11) is 0. The standard InChI is InChI=1S/C18H15BrO5/c19-14(11-15(20)21)16(22)18(23)24-17(12-7-3-1-4-8-12)13-9-5-2-6-10-13/h1-10,14,17H,11H2,(H,20,21). The third-order valence-electron chi connectivity index (χ3n) is 3.27. The predicted octanol–water partition coefficient (Wildman–Crippen LogP) is 3.13. The topological polar surface area (TPSA) is 80.7 Å². The molecule has 1 atom stereocenters. The monoisotopic (exact) mass is 390 g/mol. The first-order valence-electron chi connectivity index (χ1n) is 7.19. The van der Waals surface area contributed by atoms with E-state index in [1.54, 1.807) is 48.5 Å². The Morgan fingerprint density at radius 2 is 1.38 bits per heavy atom. The van der Waals surface area contributed by atoms with Crippen LogP contribution in [0.15, 0.2) is 60.7 Å². The van der Waals surface area contributed by atoms with Crippen LogP contribution in [0.1, 0.15) is 23.7 Å². The van der Waals surface area contributed by atoms with Gasteiger partial charge in [-0.25, -0.2) is 4.79 Å². The van der Waals surface area contributed by atoms with Gasteiger partial charge in [-0.3, -0.25) is 9.59 Å². The Labute approximate surface area is 147 Å². The lowest BCUT2D eigenvalue weighted by Gasteiger charge is -2.19. The summed E-state index contributed by atoms with van der Waals surface area (Å²) in [6, 6.07) is 18.0. The van der Waals surface area contributed by atoms with Crippen molar-refractivity contribution in [1.29, 1.82) is 0 Å². The number of rotatable bonds is 7. The fourth-order valence-electron chi connectivity index (χ4n) is 2.12. The molecule has 2 rings (SSSR count). The number of esters is 1. The van der Waals surface area contributed by atoms with E-state index in [4.69, 9.17) is 9.84 Å². The van der Waals surface area contributed by atoms with Gasteiger partial charge in [0.1, 0.15) is 0 Å². The number of carboxylic acid groups (broad SMARTS) is 1. The van der Waals surface area contributed by atoms with E-state index in [0.717, 1.165) is 0 Å². The zero-order chi connectivity index (χ0) is 17.5. The van der Waals surface area contributed by atoms with Crippen LogP contribution in [0, 0.1) is 0 Å². The molecule has 0 aromatic heterocycles. The van der Waals surface area contributed by atoms with Crippen molar-refractivity contribution >= 4 is 33.7 Å². The number of benzene rings is 2. The van der Waals surface area contributed by atoms with Gasteiger partial charge in [-0.15, -0.1) is 0 Å². The predicted molar refractivity (Wildman–Crippen MR) is 90.8 cm³/mol. The molecule has 0 aliphatic carbocycles. The van der Waals surface area contributed by atoms with E-state index < -0.39 is 35.1 Å². The maximum absolute atomic E-state index is 12.1. The highest BCUT2D eigenvalue weighted by molar-refractivity contribution is 9.10. The average molecular weight is 391 g/mol. The largest absolute Gasteiger partial charge is 0.481 e. The van der Waals surface area contributed by atoms with Crippen LogP contribution >= 0.6 is 15.9 Å². The minimum absolute atomic E-state index is 0.491. The second-order valence-electron chi connectivity index (χ2n) is 5.04. The third-order valence-corrected chi connectivity index (χ3v) is 4.01. The first-order chi connectivity index (χ1) is 11.5. The molecule has 2 aromatic rings. The van der Waals surface area contributed by atoms with Crippen LogP contribution in [0.5, 0.6) is 0 Å². The van der Waals surface area contributed by atoms with Gasteiger partial charge in [0.2, 0.25) is 0 Å². The summed E-state index contributed by atoms with van der Waals surface area (Å²) in [5.41, 5.74) is 1.43. The van der Waals surface area contributed by atoms with Crippen LogP contribution in [0.4, 0.5) is 0 Å². The number of halogens is 1. The van der Waals surface area contributed by atoms with Crippen molar-refractivity contribution in [1.82, 2.24) is 0 Å². The van der Waals surface area contributed by atoms with Gasteiger partial charge in [0.05, 0.1) is 11.2 Å². The van der Waals surface area contributed by atoms with Gasteiger partial charge >= 0.3 is 11.9 Å². The Morgan fingerprint density at radius 3 is 1.79 bits per heavy atom. The normalized spacial score (nSPS) is 11.8. The highest BCUT2D eigenvalue weighted by Crippen LogP contribution is 2.26. The van der Waals surface area contributed by atoms with Gasteiger partial charge in [0.15, 0.2) is 6.10 Å². The molecule has 5 nitrogen and oxygen atoms in total. The number of carbonyl (C=O) groups excluding carboxylic acids is 2. The van der Waals surface area contributed by atoms with Crippen LogP contribution in [-0.4, -0.2) is 27.7 Å². The maximum atomic E-state index is 12.1. The molecular formula is C18H15BrO5. The molecule has 6 heteroatoms. The van der Waals surface area contributed by atoms with Crippen molar-refractivity contribution in [2.45, 2.75) is 17.4 Å². The maximum Gasteiger partial charge on any atom is 0.376 e. The summed E-state index contributed by atoms with van der Waals surface area (Å²) in [6.07, 6.45) is -1.23. The van der Waals surface area contributed by atoms with E-state index in [9.17, 15) is 14.4 Å². The van der Waals surface area contributed by atoms with Crippen LogP contribution in [-0.2, 0) is 19.1 Å². The van der Waals surface area contributed by atoms with E-state index in [-0.39, 0.29) is 0 Å². The van der Waals surface area contributed by atoms with Gasteiger partial charge < -0.3 is 9.84 Å². The first-order valence-corrected chi connectivity index (χ1v) is 8.11. The fourth-order valence-corrected chi connectivity index (χ4v) is 2.59. The first kappa shape index (κ1) is 17.9. The van der Waals surface area contributed by atoms with Gasteiger partial charge in [-0.2, -0.15) is 0 Å². The number of Topliss-reactive ketones (excluding diaryl/α,β-unsaturated/α-hetero) is 1. The van der Waals surface area contributed by atoms with Crippen LogP contribution in [0.2, 0.25) is 0 Å². The molecule has 0 aliphatic rings. The van der Waals surface area contributed by atoms with Crippen LogP contribution < -0.4 is 0 Å². The average Bonchev–Trinajstić information content (AvgIpc) is 2.59. The van der Waals surface area contributed by atoms with Crippen molar-refractivity contribution in [3.8, 4) is 0 Å². The van der Waals surface area contributed by atoms with E-state index in [1.807, 2.05) is 12.1 Å². The number of carbonyl (C=O) groups is 3. The SMILES string of the molecule is O=C(O)CC(Br)C(=O)C(=O)OC(c1ccccc1)c1ccccc1. The van der Waals surface area contributed by atoms with E-state index >= 15 is 0 Å². The van der Waals surface area contributed by atoms with Crippen molar-refractivity contribution in [2.24, 2.45) is 0 Å². The summed E-state index contributed by atoms with van der Waals surface area (Å²) in [6.45, 7) is 0. The fraction of sp³-hybridized carbons (Fsp3) is 0.167. The van der Waals surface area contributed by atoms with E-state index in [1.165, 1.54) is 0 Å². The summed E-state index contributed by atoms with van der Waals surface area (Å²) in [5.74, 6) is -3.18. The molecule has 1 unspecified atom stereocenters. The minimum Gasteiger partial charge on any atom is -0.481 e. The number of hydrogen-bond donors (Lipinski definition) is 1. The molecule has 0 radical (unpaired) electrons. The lowest BCUT2D eigenvalue weighted by Crippen LogP contribution is -2.29. The minimum atomic E-state index is -1.18. The summed E-state index contributed by atoms with van der Waals surface area (Å²) in [5, 5.41) is 8.72. The summed E-state index contributed by atoms with van der Waals surface area (Å²) in [4.78, 5) is 33.7. The zero-order valence-electron chi connectivity index (χ0n) is 12.6. The van der Waals surface area contributed by atoms with Crippen molar-refractivity contribution in [2.75, 3.05) is 0 Å². The number of ether oxygens (including phenoxy) is 1. The Balaban J connectivity index is 2.22. The quantitative estimate of drug-likeness (QED) is 0.446. The molecule has 0 heterocycles. The molecule has 1 N–H and O–H groups in total. The lowest BCUT2D eigenvalue weighted by atomic mass is 10.0. The molecule has 0 saturated carbocycles. The molecule has 124 valence electrons. The Hall–Kier alpha value is -2.47. The molecule has 0 fully saturated rings. The molecule has 0 saturated heterocycles. The van der Waals surface area contributed by atoms with Crippen LogP contribution in [0.25, 0.3) is 0 Å². The molecule has 0 aliphatic heterocycles. The number of ketones is 1. The number of aliphatic carboxylic acids is 1. The van der Waals surface area contributed by atoms with Crippen LogP contribution in [0.3, 0.4) is 0 Å². The Morgan fingerprint density at radius 1 is 0.917 bits per heavy atom. The van der Waals surface area contributed by atoms with Gasteiger partial charge in [-0.05, 0) is 11.1 Å². The third kappa shape index (κ3) is 4.76. The Kier molecular flexibility index (Phi) is 6.26. The zero-order valence-corrected chi connectivity index (χ0v) is 14.2. The molecule has 0 spiro atoms. The number of alkyl halides is 1. The van der Waals surface area contributed by atoms with Crippen molar-refractivity contribution in [3.63, 3.8) is 0 Å². The van der Waals surface area contributed by atoms with E-state index in [0.29, 0.717) is 11.1 Å². The molecular weight excluding hydrogens is 376 g/mol. The summed E-state index contributed by atoms with van der Waals surface area (Å²) >= 11 is 2.92. The molecule has 24 heavy (non-hydrogen) atoms. The highest BCUT2D eigenvalue weighted by Gasteiger charge is 2.29. The van der Waals surface area contributed by atoms with Crippen molar-refractivity contribution in [3.05, 3.63) is 71.8 Å². The smallest absolute Gasteiger partial charge is 0.376 e. The second-order valence-corrected chi connectivity index (χ2v) is 6.14. The van der Waals surface area contributed by atoms with Gasteiger partial charge in [0.25, 0.3) is 5.78 Å². The summed E-state index contributed by atoms with van der Waals surface area (Å²) < 4.78 is 5.38. The number of hydrogen-bond acceptors (Lipinski definition) is 4.